The van der Waals surface area contributed by atoms with E-state index in [9.17, 15) is 27.1 Å². The van der Waals surface area contributed by atoms with E-state index in [2.05, 4.69) is 0 Å². The van der Waals surface area contributed by atoms with Crippen LogP contribution in [0.2, 0.25) is 0 Å². The minimum atomic E-state index is -2.23. The zero-order valence-corrected chi connectivity index (χ0v) is 10.1. The van der Waals surface area contributed by atoms with Crippen LogP contribution in [0.1, 0.15) is 16.5 Å². The van der Waals surface area contributed by atoms with Crippen molar-refractivity contribution in [1.82, 2.24) is 0 Å². The fraction of sp³-hybridized carbons (Fsp3) is 0.167. The van der Waals surface area contributed by atoms with Gasteiger partial charge in [0, 0.05) is 11.3 Å². The summed E-state index contributed by atoms with van der Waals surface area (Å²) in [5.74, 6) is -10.3. The second-order valence-corrected chi connectivity index (χ2v) is 4.82. The maximum Gasteiger partial charge on any atom is 0.200 e. The molecule has 0 aliphatic carbocycles. The van der Waals surface area contributed by atoms with Crippen molar-refractivity contribution < 1.29 is 27.1 Å². The van der Waals surface area contributed by atoms with Crippen LogP contribution in [0.4, 0.5) is 22.0 Å². The first-order chi connectivity index (χ1) is 8.93. The first-order valence-corrected chi connectivity index (χ1v) is 6.03. The summed E-state index contributed by atoms with van der Waals surface area (Å²) in [7, 11) is 0. The number of halogens is 5. The molecule has 0 saturated carbocycles. The van der Waals surface area contributed by atoms with Crippen molar-refractivity contribution in [2.45, 2.75) is 12.5 Å². The summed E-state index contributed by atoms with van der Waals surface area (Å²) < 4.78 is 65.6. The zero-order chi connectivity index (χ0) is 14.2. The van der Waals surface area contributed by atoms with Crippen molar-refractivity contribution in [3.63, 3.8) is 0 Å². The van der Waals surface area contributed by atoms with Gasteiger partial charge in [-0.3, -0.25) is 0 Å². The third kappa shape index (κ3) is 2.48. The van der Waals surface area contributed by atoms with Gasteiger partial charge in [0.1, 0.15) is 0 Å². The highest BCUT2D eigenvalue weighted by atomic mass is 32.1. The maximum atomic E-state index is 13.4. The lowest BCUT2D eigenvalue weighted by Gasteiger charge is -2.13. The molecule has 0 aliphatic rings. The summed E-state index contributed by atoms with van der Waals surface area (Å²) in [5.41, 5.74) is -1.20. The molecule has 1 nitrogen and oxygen atoms in total. The Labute approximate surface area is 108 Å². The number of thiophene rings is 1. The lowest BCUT2D eigenvalue weighted by Crippen LogP contribution is -2.12. The molecule has 2 rings (SSSR count). The lowest BCUT2D eigenvalue weighted by molar-refractivity contribution is 0.164. The molecule has 2 aromatic rings. The average Bonchev–Trinajstić information content (AvgIpc) is 2.87. The highest BCUT2D eigenvalue weighted by molar-refractivity contribution is 7.09. The summed E-state index contributed by atoms with van der Waals surface area (Å²) in [6, 6.07) is 3.23. The van der Waals surface area contributed by atoms with E-state index in [0.29, 0.717) is 4.88 Å². The molecule has 0 bridgehead atoms. The molecule has 19 heavy (non-hydrogen) atoms. The minimum absolute atomic E-state index is 0.226. The molecule has 102 valence electrons. The maximum absolute atomic E-state index is 13.4. The summed E-state index contributed by atoms with van der Waals surface area (Å²) in [6.07, 6.45) is -2.03. The van der Waals surface area contributed by atoms with Crippen molar-refractivity contribution in [1.29, 1.82) is 0 Å². The molecule has 0 aliphatic heterocycles. The fourth-order valence-electron chi connectivity index (χ4n) is 1.64. The van der Waals surface area contributed by atoms with Crippen molar-refractivity contribution in [2.75, 3.05) is 0 Å². The van der Waals surface area contributed by atoms with Gasteiger partial charge in [-0.2, -0.15) is 0 Å². The van der Waals surface area contributed by atoms with Gasteiger partial charge in [-0.1, -0.05) is 6.07 Å². The Morgan fingerprint density at radius 2 is 1.47 bits per heavy atom. The molecule has 1 unspecified atom stereocenters. The second kappa shape index (κ2) is 5.26. The molecular formula is C12H7F5OS. The van der Waals surface area contributed by atoms with Crippen molar-refractivity contribution >= 4 is 11.3 Å². The quantitative estimate of drug-likeness (QED) is 0.519. The molecule has 0 saturated heterocycles. The summed E-state index contributed by atoms with van der Waals surface area (Å²) in [4.78, 5) is 0.566. The van der Waals surface area contributed by atoms with Gasteiger partial charge in [0.15, 0.2) is 23.3 Å². The number of hydrogen-bond donors (Lipinski definition) is 1. The van der Waals surface area contributed by atoms with E-state index in [1.54, 1.807) is 17.5 Å². The average molecular weight is 294 g/mol. The third-order valence-electron chi connectivity index (χ3n) is 2.55. The van der Waals surface area contributed by atoms with Gasteiger partial charge in [-0.25, -0.2) is 22.0 Å². The van der Waals surface area contributed by atoms with Crippen LogP contribution in [0.3, 0.4) is 0 Å². The number of aliphatic hydroxyl groups excluding tert-OH is 1. The third-order valence-corrected chi connectivity index (χ3v) is 3.45. The fourth-order valence-corrected chi connectivity index (χ4v) is 2.38. The Balaban J connectivity index is 2.44. The largest absolute Gasteiger partial charge is 0.388 e. The van der Waals surface area contributed by atoms with Gasteiger partial charge in [0.2, 0.25) is 5.82 Å². The van der Waals surface area contributed by atoms with Crippen molar-refractivity contribution in [3.05, 3.63) is 57.0 Å². The molecule has 0 amide bonds. The summed E-state index contributed by atoms with van der Waals surface area (Å²) >= 11 is 1.20. The summed E-state index contributed by atoms with van der Waals surface area (Å²) in [6.45, 7) is 0. The predicted molar refractivity (Wildman–Crippen MR) is 59.2 cm³/mol. The Kier molecular flexibility index (Phi) is 3.86. The number of rotatable bonds is 3. The van der Waals surface area contributed by atoms with Crippen LogP contribution in [0.5, 0.6) is 0 Å². The van der Waals surface area contributed by atoms with E-state index in [4.69, 9.17) is 0 Å². The lowest BCUT2D eigenvalue weighted by atomic mass is 10.0. The Morgan fingerprint density at radius 3 is 1.95 bits per heavy atom. The van der Waals surface area contributed by atoms with Crippen LogP contribution >= 0.6 is 11.3 Å². The molecule has 0 fully saturated rings. The second-order valence-electron chi connectivity index (χ2n) is 3.78. The van der Waals surface area contributed by atoms with E-state index in [0.717, 1.165) is 0 Å². The Morgan fingerprint density at radius 1 is 0.947 bits per heavy atom. The van der Waals surface area contributed by atoms with Crippen LogP contribution < -0.4 is 0 Å². The Hall–Kier alpha value is -1.47. The number of aliphatic hydroxyl groups is 1. The van der Waals surface area contributed by atoms with Gasteiger partial charge >= 0.3 is 0 Å². The molecule has 1 aromatic heterocycles. The first kappa shape index (κ1) is 14.0. The van der Waals surface area contributed by atoms with E-state index in [1.165, 1.54) is 11.3 Å². The molecule has 0 radical (unpaired) electrons. The highest BCUT2D eigenvalue weighted by Crippen LogP contribution is 2.30. The monoisotopic (exact) mass is 294 g/mol. The van der Waals surface area contributed by atoms with Crippen molar-refractivity contribution in [2.24, 2.45) is 0 Å². The van der Waals surface area contributed by atoms with E-state index < -0.39 is 40.8 Å². The molecule has 1 N–H and O–H groups in total. The van der Waals surface area contributed by atoms with Crippen LogP contribution in [-0.4, -0.2) is 5.11 Å². The zero-order valence-electron chi connectivity index (χ0n) is 9.26. The number of hydrogen-bond acceptors (Lipinski definition) is 2. The standard InChI is InChI=1S/C12H7F5OS/c13-8-7(6(18)4-5-2-1-3-19-5)9(14)11(16)12(17)10(8)15/h1-3,6,18H,4H2. The molecule has 1 atom stereocenters. The molecule has 1 heterocycles. The van der Waals surface area contributed by atoms with Crippen molar-refractivity contribution in [3.8, 4) is 0 Å². The van der Waals surface area contributed by atoms with Gasteiger partial charge in [0.05, 0.1) is 11.7 Å². The van der Waals surface area contributed by atoms with Gasteiger partial charge in [0.25, 0.3) is 0 Å². The topological polar surface area (TPSA) is 20.2 Å². The van der Waals surface area contributed by atoms with Crippen LogP contribution in [0.25, 0.3) is 0 Å². The van der Waals surface area contributed by atoms with Gasteiger partial charge in [-0.05, 0) is 11.4 Å². The highest BCUT2D eigenvalue weighted by Gasteiger charge is 2.29. The van der Waals surface area contributed by atoms with E-state index in [1.807, 2.05) is 0 Å². The molecule has 0 spiro atoms. The Bertz CT molecular complexity index is 568. The molecule has 7 heteroatoms. The smallest absolute Gasteiger partial charge is 0.200 e. The predicted octanol–water partition coefficient (Wildman–Crippen LogP) is 3.72. The van der Waals surface area contributed by atoms with Gasteiger partial charge in [-0.15, -0.1) is 11.3 Å². The van der Waals surface area contributed by atoms with Crippen LogP contribution in [0.15, 0.2) is 17.5 Å². The van der Waals surface area contributed by atoms with Crippen LogP contribution in [-0.2, 0) is 6.42 Å². The van der Waals surface area contributed by atoms with E-state index >= 15 is 0 Å². The van der Waals surface area contributed by atoms with E-state index in [-0.39, 0.29) is 6.42 Å². The molecular weight excluding hydrogens is 287 g/mol. The van der Waals surface area contributed by atoms with Crippen LogP contribution in [0, 0.1) is 29.1 Å². The number of benzene rings is 1. The first-order valence-electron chi connectivity index (χ1n) is 5.15. The minimum Gasteiger partial charge on any atom is -0.388 e. The molecule has 1 aromatic carbocycles. The normalized spacial score (nSPS) is 12.7. The SMILES string of the molecule is OC(Cc1cccs1)c1c(F)c(F)c(F)c(F)c1F. The van der Waals surface area contributed by atoms with Gasteiger partial charge < -0.3 is 5.11 Å². The summed E-state index contributed by atoms with van der Waals surface area (Å²) in [5, 5.41) is 11.3.